The number of thioether (sulfide) groups is 1. The number of aromatic nitrogens is 2. The molecule has 3 heterocycles. The molecule has 0 aromatic carbocycles. The molecule has 3 rings (SSSR count). The molecule has 4 atom stereocenters. The number of aryl methyl sites for hydroxylation is 1. The van der Waals surface area contributed by atoms with Crippen molar-refractivity contribution in [3.05, 3.63) is 15.9 Å². The Kier molecular flexibility index (Phi) is 5.09. The van der Waals surface area contributed by atoms with Crippen LogP contribution in [0, 0.1) is 19.8 Å². The summed E-state index contributed by atoms with van der Waals surface area (Å²) in [5.74, 6) is -1.98. The van der Waals surface area contributed by atoms with Gasteiger partial charge in [-0.25, -0.2) is 4.79 Å². The molecular formula is C17H23BrN4O4S. The molecule has 1 aromatic heterocycles. The first-order chi connectivity index (χ1) is 12.5. The highest BCUT2D eigenvalue weighted by Gasteiger charge is 2.64. The van der Waals surface area contributed by atoms with Crippen molar-refractivity contribution in [3.63, 3.8) is 0 Å². The number of carbonyl (C=O) groups excluding carboxylic acids is 2. The third kappa shape index (κ3) is 3.26. The number of nitrogens with one attached hydrogen (secondary N) is 1. The molecular weight excluding hydrogens is 436 g/mol. The molecule has 2 fully saturated rings. The third-order valence-electron chi connectivity index (χ3n) is 5.16. The van der Waals surface area contributed by atoms with Gasteiger partial charge < -0.3 is 15.3 Å². The van der Waals surface area contributed by atoms with E-state index in [9.17, 15) is 19.5 Å². The van der Waals surface area contributed by atoms with Crippen LogP contribution in [0.1, 0.15) is 32.2 Å². The van der Waals surface area contributed by atoms with Gasteiger partial charge in [0.05, 0.1) is 22.6 Å². The maximum atomic E-state index is 12.6. The van der Waals surface area contributed by atoms with Crippen molar-refractivity contribution < 1.29 is 19.5 Å². The van der Waals surface area contributed by atoms with Gasteiger partial charge in [0.15, 0.2) is 0 Å². The Morgan fingerprint density at radius 3 is 2.56 bits per heavy atom. The van der Waals surface area contributed by atoms with Gasteiger partial charge in [-0.05, 0) is 43.6 Å². The molecule has 0 bridgehead atoms. The third-order valence-corrected chi connectivity index (χ3v) is 7.88. The van der Waals surface area contributed by atoms with Gasteiger partial charge in [-0.1, -0.05) is 6.92 Å². The molecule has 2 aliphatic rings. The van der Waals surface area contributed by atoms with Crippen LogP contribution in [0.15, 0.2) is 4.47 Å². The van der Waals surface area contributed by atoms with Crippen molar-refractivity contribution in [2.45, 2.75) is 63.4 Å². The highest BCUT2D eigenvalue weighted by molar-refractivity contribution is 9.10. The van der Waals surface area contributed by atoms with E-state index >= 15 is 0 Å². The van der Waals surface area contributed by atoms with Crippen molar-refractivity contribution in [2.24, 2.45) is 5.92 Å². The first kappa shape index (κ1) is 20.2. The Labute approximate surface area is 170 Å². The summed E-state index contributed by atoms with van der Waals surface area (Å²) in [5.41, 5.74) is 1.80. The van der Waals surface area contributed by atoms with Crippen LogP contribution in [0.2, 0.25) is 0 Å². The zero-order valence-electron chi connectivity index (χ0n) is 15.8. The van der Waals surface area contributed by atoms with Crippen LogP contribution >= 0.6 is 27.7 Å². The Bertz CT molecular complexity index is 824. The summed E-state index contributed by atoms with van der Waals surface area (Å²) >= 11 is 4.89. The first-order valence-electron chi connectivity index (χ1n) is 8.68. The standard InChI is InChI=1S/C17H23BrN4O4S/c1-7(6-21-9(3)10(18)8(2)20-21)13(23)19-11-14(24)22-12(16(25)26)17(4,5)27-15(11)22/h7,11-12,15H,6H2,1-5H3,(H,19,23)(H,25,26)/t7-,11-,12+,15+/m0/s1. The zero-order chi connectivity index (χ0) is 20.3. The smallest absolute Gasteiger partial charge is 0.327 e. The van der Waals surface area contributed by atoms with Crippen LogP contribution < -0.4 is 5.32 Å². The summed E-state index contributed by atoms with van der Waals surface area (Å²) in [6, 6.07) is -1.56. The van der Waals surface area contributed by atoms with E-state index in [1.807, 2.05) is 27.7 Å². The number of amides is 2. The lowest BCUT2D eigenvalue weighted by atomic mass is 9.95. The first-order valence-corrected chi connectivity index (χ1v) is 10.4. The number of aliphatic carboxylic acids is 1. The van der Waals surface area contributed by atoms with Gasteiger partial charge in [0.25, 0.3) is 0 Å². The number of carbonyl (C=O) groups is 3. The van der Waals surface area contributed by atoms with Crippen LogP contribution in [0.3, 0.4) is 0 Å². The van der Waals surface area contributed by atoms with E-state index in [1.54, 1.807) is 11.6 Å². The van der Waals surface area contributed by atoms with E-state index in [-0.39, 0.29) is 23.1 Å². The topological polar surface area (TPSA) is 105 Å². The average Bonchev–Trinajstić information content (AvgIpc) is 2.97. The number of carboxylic acid groups (broad SMARTS) is 1. The fourth-order valence-corrected chi connectivity index (χ4v) is 5.55. The Morgan fingerprint density at radius 1 is 1.41 bits per heavy atom. The fraction of sp³-hybridized carbons (Fsp3) is 0.647. The molecule has 148 valence electrons. The molecule has 0 radical (unpaired) electrons. The van der Waals surface area contributed by atoms with E-state index in [0.29, 0.717) is 6.54 Å². The summed E-state index contributed by atoms with van der Waals surface area (Å²) in [5, 5.41) is 16.3. The second-order valence-electron chi connectivity index (χ2n) is 7.65. The van der Waals surface area contributed by atoms with Gasteiger partial charge in [-0.2, -0.15) is 5.10 Å². The second-order valence-corrected chi connectivity index (χ2v) is 10.2. The predicted octanol–water partition coefficient (Wildman–Crippen LogP) is 1.53. The summed E-state index contributed by atoms with van der Waals surface area (Å²) in [6.07, 6.45) is 0. The molecule has 2 aliphatic heterocycles. The Hall–Kier alpha value is -1.55. The lowest BCUT2D eigenvalue weighted by molar-refractivity contribution is -0.161. The highest BCUT2D eigenvalue weighted by Crippen LogP contribution is 2.50. The quantitative estimate of drug-likeness (QED) is 0.648. The number of halogens is 1. The SMILES string of the molecule is Cc1nn(C[C@H](C)C(=O)N[C@H]2C(=O)N3[C@@H]2SC(C)(C)[C@H]3C(=O)O)c(C)c1Br. The van der Waals surface area contributed by atoms with Crippen molar-refractivity contribution in [2.75, 3.05) is 0 Å². The largest absolute Gasteiger partial charge is 0.480 e. The van der Waals surface area contributed by atoms with Gasteiger partial charge in [0, 0.05) is 10.4 Å². The number of fused-ring (bicyclic) bond motifs is 1. The van der Waals surface area contributed by atoms with Gasteiger partial charge in [-0.15, -0.1) is 11.8 Å². The second kappa shape index (κ2) is 6.80. The number of nitrogens with zero attached hydrogens (tertiary/aromatic N) is 3. The van der Waals surface area contributed by atoms with Crippen LogP contribution in [-0.2, 0) is 20.9 Å². The molecule has 0 unspecified atom stereocenters. The maximum Gasteiger partial charge on any atom is 0.327 e. The molecule has 27 heavy (non-hydrogen) atoms. The monoisotopic (exact) mass is 458 g/mol. The van der Waals surface area contributed by atoms with Crippen LogP contribution in [0.25, 0.3) is 0 Å². The van der Waals surface area contributed by atoms with Gasteiger partial charge in [0.2, 0.25) is 11.8 Å². The van der Waals surface area contributed by atoms with Gasteiger partial charge in [-0.3, -0.25) is 14.3 Å². The van der Waals surface area contributed by atoms with Crippen molar-refractivity contribution in [1.82, 2.24) is 20.0 Å². The summed E-state index contributed by atoms with van der Waals surface area (Å²) in [4.78, 5) is 38.0. The van der Waals surface area contributed by atoms with Gasteiger partial charge >= 0.3 is 5.97 Å². The minimum absolute atomic E-state index is 0.242. The molecule has 10 heteroatoms. The number of rotatable bonds is 5. The molecule has 2 N–H and O–H groups in total. The highest BCUT2D eigenvalue weighted by atomic mass is 79.9. The summed E-state index contributed by atoms with van der Waals surface area (Å²) < 4.78 is 2.09. The normalized spacial score (nSPS) is 27.1. The number of hydrogen-bond donors (Lipinski definition) is 2. The van der Waals surface area contributed by atoms with Crippen molar-refractivity contribution in [3.8, 4) is 0 Å². The number of β-lactam (4-membered cyclic amide) rings is 1. The minimum atomic E-state index is -1.02. The van der Waals surface area contributed by atoms with Crippen molar-refractivity contribution >= 4 is 45.5 Å². The minimum Gasteiger partial charge on any atom is -0.480 e. The van der Waals surface area contributed by atoms with E-state index in [1.165, 1.54) is 16.7 Å². The molecule has 2 saturated heterocycles. The predicted molar refractivity (Wildman–Crippen MR) is 104 cm³/mol. The zero-order valence-corrected chi connectivity index (χ0v) is 18.2. The fourth-order valence-electron chi connectivity index (χ4n) is 3.64. The molecule has 2 amide bonds. The molecule has 0 saturated carbocycles. The Balaban J connectivity index is 1.66. The lowest BCUT2D eigenvalue weighted by Gasteiger charge is -2.43. The number of hydrogen-bond acceptors (Lipinski definition) is 5. The van der Waals surface area contributed by atoms with E-state index in [2.05, 4.69) is 26.3 Å². The van der Waals surface area contributed by atoms with Crippen LogP contribution in [0.5, 0.6) is 0 Å². The average molecular weight is 459 g/mol. The summed E-state index contributed by atoms with van der Waals surface area (Å²) in [6.45, 7) is 9.61. The van der Waals surface area contributed by atoms with E-state index < -0.39 is 22.8 Å². The van der Waals surface area contributed by atoms with Crippen molar-refractivity contribution in [1.29, 1.82) is 0 Å². The molecule has 0 spiro atoms. The van der Waals surface area contributed by atoms with Crippen LogP contribution in [0.4, 0.5) is 0 Å². The van der Waals surface area contributed by atoms with Crippen LogP contribution in [-0.4, -0.2) is 59.8 Å². The van der Waals surface area contributed by atoms with E-state index in [4.69, 9.17) is 0 Å². The Morgan fingerprint density at radius 2 is 2.04 bits per heavy atom. The molecule has 8 nitrogen and oxygen atoms in total. The summed E-state index contributed by atoms with van der Waals surface area (Å²) in [7, 11) is 0. The van der Waals surface area contributed by atoms with Gasteiger partial charge in [0.1, 0.15) is 17.5 Å². The number of carboxylic acids is 1. The van der Waals surface area contributed by atoms with E-state index in [0.717, 1.165) is 15.9 Å². The molecule has 0 aliphatic carbocycles. The lowest BCUT2D eigenvalue weighted by Crippen LogP contribution is -2.71. The molecule has 1 aromatic rings. The maximum absolute atomic E-state index is 12.6.